The SMILES string of the molecule is COc1ccc(C(=O)CCC(=O)NCC(c2ccc(F)cc2)N2CCCC2)cc1. The predicted octanol–water partition coefficient (Wildman–Crippen LogP) is 3.75. The molecule has 1 atom stereocenters. The van der Waals surface area contributed by atoms with E-state index in [1.54, 1.807) is 43.5 Å². The normalized spacial score (nSPS) is 15.1. The van der Waals surface area contributed by atoms with Crippen LogP contribution in [0.5, 0.6) is 5.75 Å². The van der Waals surface area contributed by atoms with Crippen LogP contribution in [0.2, 0.25) is 0 Å². The van der Waals surface area contributed by atoms with Crippen LogP contribution < -0.4 is 10.1 Å². The van der Waals surface area contributed by atoms with Crippen LogP contribution in [-0.4, -0.2) is 43.3 Å². The van der Waals surface area contributed by atoms with Gasteiger partial charge in [0.1, 0.15) is 11.6 Å². The molecule has 5 nitrogen and oxygen atoms in total. The number of amides is 1. The van der Waals surface area contributed by atoms with E-state index >= 15 is 0 Å². The molecular weight excluding hydrogens is 371 g/mol. The zero-order valence-electron chi connectivity index (χ0n) is 16.7. The number of nitrogens with one attached hydrogen (secondary N) is 1. The van der Waals surface area contributed by atoms with E-state index in [2.05, 4.69) is 10.2 Å². The highest BCUT2D eigenvalue weighted by Crippen LogP contribution is 2.25. The molecule has 1 N–H and O–H groups in total. The molecule has 154 valence electrons. The van der Waals surface area contributed by atoms with Crippen molar-refractivity contribution < 1.29 is 18.7 Å². The smallest absolute Gasteiger partial charge is 0.220 e. The first-order valence-corrected chi connectivity index (χ1v) is 10.0. The molecule has 0 aliphatic carbocycles. The van der Waals surface area contributed by atoms with Crippen LogP contribution in [0.4, 0.5) is 4.39 Å². The molecule has 1 aliphatic heterocycles. The largest absolute Gasteiger partial charge is 0.497 e. The summed E-state index contributed by atoms with van der Waals surface area (Å²) in [6.07, 6.45) is 2.55. The maximum absolute atomic E-state index is 13.3. The molecule has 1 aliphatic rings. The van der Waals surface area contributed by atoms with E-state index in [9.17, 15) is 14.0 Å². The van der Waals surface area contributed by atoms with E-state index in [1.165, 1.54) is 12.1 Å². The van der Waals surface area contributed by atoms with E-state index < -0.39 is 0 Å². The van der Waals surface area contributed by atoms with Gasteiger partial charge < -0.3 is 10.1 Å². The highest BCUT2D eigenvalue weighted by molar-refractivity contribution is 5.98. The Kier molecular flexibility index (Phi) is 7.36. The number of carbonyl (C=O) groups excluding carboxylic acids is 2. The van der Waals surface area contributed by atoms with Crippen LogP contribution in [0, 0.1) is 5.82 Å². The van der Waals surface area contributed by atoms with Gasteiger partial charge in [-0.1, -0.05) is 12.1 Å². The zero-order valence-corrected chi connectivity index (χ0v) is 16.7. The molecule has 0 bridgehead atoms. The second-order valence-corrected chi connectivity index (χ2v) is 7.27. The number of Topliss-reactive ketones (excluding diaryl/α,β-unsaturated/α-hetero) is 1. The number of hydrogen-bond acceptors (Lipinski definition) is 4. The third kappa shape index (κ3) is 5.87. The number of ketones is 1. The average Bonchev–Trinajstić information content (AvgIpc) is 3.28. The van der Waals surface area contributed by atoms with Gasteiger partial charge in [0.2, 0.25) is 5.91 Å². The molecule has 2 aromatic carbocycles. The maximum atomic E-state index is 13.3. The number of likely N-dealkylation sites (tertiary alicyclic amines) is 1. The minimum Gasteiger partial charge on any atom is -0.497 e. The fourth-order valence-corrected chi connectivity index (χ4v) is 3.64. The molecule has 2 aromatic rings. The zero-order chi connectivity index (χ0) is 20.6. The van der Waals surface area contributed by atoms with E-state index in [4.69, 9.17) is 4.74 Å². The Bertz CT molecular complexity index is 815. The summed E-state index contributed by atoms with van der Waals surface area (Å²) in [5.74, 6) is 0.193. The van der Waals surface area contributed by atoms with Gasteiger partial charge in [-0.15, -0.1) is 0 Å². The van der Waals surface area contributed by atoms with Gasteiger partial charge in [0.15, 0.2) is 5.78 Å². The first-order chi connectivity index (χ1) is 14.1. The van der Waals surface area contributed by atoms with Gasteiger partial charge in [-0.3, -0.25) is 14.5 Å². The topological polar surface area (TPSA) is 58.6 Å². The van der Waals surface area contributed by atoms with E-state index in [-0.39, 0.29) is 36.4 Å². The van der Waals surface area contributed by atoms with Crippen molar-refractivity contribution in [3.05, 3.63) is 65.5 Å². The van der Waals surface area contributed by atoms with Gasteiger partial charge in [0, 0.05) is 24.9 Å². The van der Waals surface area contributed by atoms with Crippen molar-refractivity contribution in [3.8, 4) is 5.75 Å². The highest BCUT2D eigenvalue weighted by atomic mass is 19.1. The lowest BCUT2D eigenvalue weighted by Crippen LogP contribution is -2.36. The summed E-state index contributed by atoms with van der Waals surface area (Å²) in [5, 5.41) is 2.95. The number of benzene rings is 2. The van der Waals surface area contributed by atoms with Gasteiger partial charge in [-0.25, -0.2) is 4.39 Å². The Morgan fingerprint density at radius 3 is 2.31 bits per heavy atom. The monoisotopic (exact) mass is 398 g/mol. The molecule has 0 radical (unpaired) electrons. The van der Waals surface area contributed by atoms with Crippen molar-refractivity contribution in [2.45, 2.75) is 31.7 Å². The molecule has 0 saturated carbocycles. The molecule has 1 amide bonds. The fourth-order valence-electron chi connectivity index (χ4n) is 3.64. The Hall–Kier alpha value is -2.73. The Labute approximate surface area is 170 Å². The summed E-state index contributed by atoms with van der Waals surface area (Å²) in [7, 11) is 1.57. The summed E-state index contributed by atoms with van der Waals surface area (Å²) in [6, 6.07) is 13.3. The third-order valence-electron chi connectivity index (χ3n) is 5.32. The second-order valence-electron chi connectivity index (χ2n) is 7.27. The first kappa shape index (κ1) is 21.0. The standard InChI is InChI=1S/C23H27FN2O3/c1-29-20-10-6-18(7-11-20)22(27)12-13-23(28)25-16-21(26-14-2-3-15-26)17-4-8-19(24)9-5-17/h4-11,21H,2-3,12-16H2,1H3,(H,25,28). The lowest BCUT2D eigenvalue weighted by atomic mass is 10.0. The van der Waals surface area contributed by atoms with Crippen molar-refractivity contribution >= 4 is 11.7 Å². The quantitative estimate of drug-likeness (QED) is 0.654. The van der Waals surface area contributed by atoms with Gasteiger partial charge >= 0.3 is 0 Å². The van der Waals surface area contributed by atoms with E-state index in [1.807, 2.05) is 0 Å². The second kappa shape index (κ2) is 10.2. The van der Waals surface area contributed by atoms with Crippen molar-refractivity contribution in [2.75, 3.05) is 26.7 Å². The van der Waals surface area contributed by atoms with Gasteiger partial charge in [-0.2, -0.15) is 0 Å². The fraction of sp³-hybridized carbons (Fsp3) is 0.391. The Balaban J connectivity index is 1.52. The summed E-state index contributed by atoms with van der Waals surface area (Å²) >= 11 is 0. The van der Waals surface area contributed by atoms with Crippen LogP contribution >= 0.6 is 0 Å². The Morgan fingerprint density at radius 2 is 1.69 bits per heavy atom. The number of methoxy groups -OCH3 is 1. The van der Waals surface area contributed by atoms with Crippen LogP contribution in [0.25, 0.3) is 0 Å². The first-order valence-electron chi connectivity index (χ1n) is 10.0. The lowest BCUT2D eigenvalue weighted by molar-refractivity contribution is -0.121. The molecule has 1 fully saturated rings. The molecule has 1 heterocycles. The summed E-state index contributed by atoms with van der Waals surface area (Å²) in [4.78, 5) is 26.9. The van der Waals surface area contributed by atoms with Crippen LogP contribution in [-0.2, 0) is 4.79 Å². The number of halogens is 1. The minimum atomic E-state index is -0.269. The summed E-state index contributed by atoms with van der Waals surface area (Å²) in [6.45, 7) is 2.38. The molecule has 1 unspecified atom stereocenters. The Morgan fingerprint density at radius 1 is 1.03 bits per heavy atom. The van der Waals surface area contributed by atoms with Crippen LogP contribution in [0.15, 0.2) is 48.5 Å². The molecule has 6 heteroatoms. The number of rotatable bonds is 9. The van der Waals surface area contributed by atoms with Crippen molar-refractivity contribution in [2.24, 2.45) is 0 Å². The highest BCUT2D eigenvalue weighted by Gasteiger charge is 2.24. The summed E-state index contributed by atoms with van der Waals surface area (Å²) in [5.41, 5.74) is 1.56. The third-order valence-corrected chi connectivity index (χ3v) is 5.32. The number of hydrogen-bond donors (Lipinski definition) is 1. The molecule has 0 spiro atoms. The maximum Gasteiger partial charge on any atom is 0.220 e. The lowest BCUT2D eigenvalue weighted by Gasteiger charge is -2.28. The average molecular weight is 398 g/mol. The minimum absolute atomic E-state index is 0.0133. The van der Waals surface area contributed by atoms with Gasteiger partial charge in [0.25, 0.3) is 0 Å². The number of carbonyl (C=O) groups is 2. The molecule has 29 heavy (non-hydrogen) atoms. The number of nitrogens with zero attached hydrogens (tertiary/aromatic N) is 1. The van der Waals surface area contributed by atoms with Crippen molar-refractivity contribution in [3.63, 3.8) is 0 Å². The van der Waals surface area contributed by atoms with Crippen LogP contribution in [0.3, 0.4) is 0 Å². The van der Waals surface area contributed by atoms with Crippen LogP contribution in [0.1, 0.15) is 47.6 Å². The summed E-state index contributed by atoms with van der Waals surface area (Å²) < 4.78 is 18.4. The molecule has 0 aromatic heterocycles. The van der Waals surface area contributed by atoms with Gasteiger partial charge in [0.05, 0.1) is 13.2 Å². The van der Waals surface area contributed by atoms with Crippen molar-refractivity contribution in [1.29, 1.82) is 0 Å². The molecular formula is C23H27FN2O3. The number of ether oxygens (including phenoxy) is 1. The predicted molar refractivity (Wildman–Crippen MR) is 110 cm³/mol. The van der Waals surface area contributed by atoms with Gasteiger partial charge in [-0.05, 0) is 67.9 Å². The molecule has 1 saturated heterocycles. The van der Waals surface area contributed by atoms with E-state index in [0.29, 0.717) is 17.9 Å². The van der Waals surface area contributed by atoms with E-state index in [0.717, 1.165) is 31.5 Å². The van der Waals surface area contributed by atoms with Crippen molar-refractivity contribution in [1.82, 2.24) is 10.2 Å². The molecule has 3 rings (SSSR count).